The minimum Gasteiger partial charge on any atom is -0.462 e. The van der Waals surface area contributed by atoms with Crippen molar-refractivity contribution in [3.63, 3.8) is 0 Å². The quantitative estimate of drug-likeness (QED) is 0.432. The van der Waals surface area contributed by atoms with E-state index in [0.717, 1.165) is 10.5 Å². The van der Waals surface area contributed by atoms with E-state index in [9.17, 15) is 19.2 Å². The number of urea groups is 1. The Hall–Kier alpha value is -3.42. The molecule has 2 heterocycles. The third-order valence-corrected chi connectivity index (χ3v) is 5.40. The Labute approximate surface area is 174 Å². The lowest BCUT2D eigenvalue weighted by Gasteiger charge is -2.22. The Balaban J connectivity index is 1.85. The highest BCUT2D eigenvalue weighted by Gasteiger charge is 2.49. The lowest BCUT2D eigenvalue weighted by atomic mass is 9.91. The molecular formula is C22H25N3O5. The van der Waals surface area contributed by atoms with Crippen molar-refractivity contribution in [1.29, 1.82) is 0 Å². The van der Waals surface area contributed by atoms with Crippen molar-refractivity contribution in [2.75, 3.05) is 13.2 Å². The molecule has 1 fully saturated rings. The summed E-state index contributed by atoms with van der Waals surface area (Å²) < 4.78 is 5.04. The van der Waals surface area contributed by atoms with Crippen molar-refractivity contribution in [1.82, 2.24) is 15.2 Å². The maximum Gasteiger partial charge on any atom is 0.340 e. The van der Waals surface area contributed by atoms with E-state index < -0.39 is 35.8 Å². The van der Waals surface area contributed by atoms with Crippen LogP contribution in [-0.2, 0) is 15.1 Å². The summed E-state index contributed by atoms with van der Waals surface area (Å²) in [5, 5.41) is 2.69. The predicted octanol–water partition coefficient (Wildman–Crippen LogP) is 2.77. The number of nitrogens with one attached hydrogen (secondary N) is 2. The zero-order valence-corrected chi connectivity index (χ0v) is 17.7. The van der Waals surface area contributed by atoms with E-state index in [4.69, 9.17) is 4.74 Å². The highest BCUT2D eigenvalue weighted by Crippen LogP contribution is 2.29. The Morgan fingerprint density at radius 2 is 1.73 bits per heavy atom. The van der Waals surface area contributed by atoms with Gasteiger partial charge in [-0.15, -0.1) is 0 Å². The minimum atomic E-state index is -1.25. The summed E-state index contributed by atoms with van der Waals surface area (Å²) in [5.74, 6) is -1.50. The number of H-pyrrole nitrogens is 1. The molecule has 8 nitrogen and oxygen atoms in total. The zero-order valence-electron chi connectivity index (χ0n) is 17.7. The van der Waals surface area contributed by atoms with E-state index in [0.29, 0.717) is 22.4 Å². The molecule has 0 radical (unpaired) electrons. The van der Waals surface area contributed by atoms with Crippen LogP contribution in [0, 0.1) is 20.8 Å². The highest BCUT2D eigenvalue weighted by atomic mass is 16.5. The molecule has 1 aliphatic rings. The monoisotopic (exact) mass is 411 g/mol. The Kier molecular flexibility index (Phi) is 5.52. The maximum atomic E-state index is 13.0. The first-order valence-electron chi connectivity index (χ1n) is 9.70. The van der Waals surface area contributed by atoms with Crippen LogP contribution in [0.3, 0.4) is 0 Å². The summed E-state index contributed by atoms with van der Waals surface area (Å²) >= 11 is 0. The summed E-state index contributed by atoms with van der Waals surface area (Å²) in [5.41, 5.74) is 1.82. The fourth-order valence-corrected chi connectivity index (χ4v) is 3.68. The number of esters is 1. The first-order valence-corrected chi connectivity index (χ1v) is 9.70. The molecule has 0 unspecified atom stereocenters. The molecule has 3 rings (SSSR count). The standard InChI is InChI=1S/C22H25N3O5/c1-6-30-19(27)17-13(3)18(23-14(17)4)16(26)11-25-20(28)22(5,24-21(25)29)15-9-7-12(2)8-10-15/h7-10,23H,6,11H2,1-5H3,(H,24,29)/t22-/m1/s1. The van der Waals surface area contributed by atoms with Gasteiger partial charge in [0, 0.05) is 5.69 Å². The molecule has 1 aromatic carbocycles. The molecule has 1 aromatic heterocycles. The number of aromatic nitrogens is 1. The summed E-state index contributed by atoms with van der Waals surface area (Å²) in [6.07, 6.45) is 0. The van der Waals surface area contributed by atoms with Crippen LogP contribution in [0.5, 0.6) is 0 Å². The van der Waals surface area contributed by atoms with Crippen molar-refractivity contribution in [3.05, 3.63) is 57.9 Å². The average Bonchev–Trinajstić information content (AvgIpc) is 3.10. The number of nitrogens with zero attached hydrogens (tertiary/aromatic N) is 1. The maximum absolute atomic E-state index is 13.0. The van der Waals surface area contributed by atoms with Crippen molar-refractivity contribution >= 4 is 23.7 Å². The molecule has 0 aliphatic carbocycles. The molecule has 158 valence electrons. The van der Waals surface area contributed by atoms with Crippen molar-refractivity contribution in [2.45, 2.75) is 40.2 Å². The predicted molar refractivity (Wildman–Crippen MR) is 109 cm³/mol. The molecule has 0 spiro atoms. The van der Waals surface area contributed by atoms with E-state index in [2.05, 4.69) is 10.3 Å². The van der Waals surface area contributed by atoms with Crippen LogP contribution < -0.4 is 5.32 Å². The lowest BCUT2D eigenvalue weighted by molar-refractivity contribution is -0.130. The number of ether oxygens (including phenoxy) is 1. The van der Waals surface area contributed by atoms with E-state index in [1.54, 1.807) is 39.8 Å². The first-order chi connectivity index (χ1) is 14.1. The molecule has 0 bridgehead atoms. The van der Waals surface area contributed by atoms with Crippen LogP contribution in [0.1, 0.15) is 57.1 Å². The molecule has 1 atom stereocenters. The van der Waals surface area contributed by atoms with E-state index >= 15 is 0 Å². The molecule has 8 heteroatoms. The van der Waals surface area contributed by atoms with Gasteiger partial charge in [-0.2, -0.15) is 0 Å². The van der Waals surface area contributed by atoms with Gasteiger partial charge in [-0.1, -0.05) is 29.8 Å². The molecule has 3 amide bonds. The van der Waals surface area contributed by atoms with Crippen LogP contribution in [0.2, 0.25) is 0 Å². The number of ketones is 1. The number of Topliss-reactive ketones (excluding diaryl/α,β-unsaturated/α-hetero) is 1. The fourth-order valence-electron chi connectivity index (χ4n) is 3.68. The number of amides is 3. The normalized spacial score (nSPS) is 18.5. The van der Waals surface area contributed by atoms with Gasteiger partial charge in [0.25, 0.3) is 5.91 Å². The van der Waals surface area contributed by atoms with Crippen LogP contribution in [0.4, 0.5) is 4.79 Å². The van der Waals surface area contributed by atoms with Crippen molar-refractivity contribution < 1.29 is 23.9 Å². The second kappa shape index (κ2) is 7.78. The average molecular weight is 411 g/mol. The van der Waals surface area contributed by atoms with Gasteiger partial charge in [-0.25, -0.2) is 9.59 Å². The number of benzene rings is 1. The zero-order chi connectivity index (χ0) is 22.2. The van der Waals surface area contributed by atoms with E-state index in [1.165, 1.54) is 0 Å². The molecule has 2 aromatic rings. The molecule has 30 heavy (non-hydrogen) atoms. The van der Waals surface area contributed by atoms with Crippen LogP contribution >= 0.6 is 0 Å². The summed E-state index contributed by atoms with van der Waals surface area (Å²) in [4.78, 5) is 54.4. The van der Waals surface area contributed by atoms with E-state index in [1.807, 2.05) is 19.1 Å². The number of hydrogen-bond acceptors (Lipinski definition) is 5. The molecule has 1 aliphatic heterocycles. The molecule has 0 saturated carbocycles. The number of carbonyl (C=O) groups is 4. The SMILES string of the molecule is CCOC(=O)c1c(C)[nH]c(C(=O)CN2C(=O)N[C@](C)(c3ccc(C)cc3)C2=O)c1C. The largest absolute Gasteiger partial charge is 0.462 e. The Bertz CT molecular complexity index is 1040. The van der Waals surface area contributed by atoms with Gasteiger partial charge < -0.3 is 15.0 Å². The minimum absolute atomic E-state index is 0.181. The highest BCUT2D eigenvalue weighted by molar-refractivity contribution is 6.11. The number of hydrogen-bond donors (Lipinski definition) is 2. The number of aromatic amines is 1. The number of imide groups is 1. The van der Waals surface area contributed by atoms with Gasteiger partial charge in [0.05, 0.1) is 24.4 Å². The Morgan fingerprint density at radius 3 is 2.33 bits per heavy atom. The lowest BCUT2D eigenvalue weighted by Crippen LogP contribution is -2.41. The van der Waals surface area contributed by atoms with Crippen molar-refractivity contribution in [2.24, 2.45) is 0 Å². The number of carbonyl (C=O) groups excluding carboxylic acids is 4. The summed E-state index contributed by atoms with van der Waals surface area (Å²) in [7, 11) is 0. The van der Waals surface area contributed by atoms with Crippen LogP contribution in [-0.4, -0.2) is 46.7 Å². The summed E-state index contributed by atoms with van der Waals surface area (Å²) in [6.45, 7) is 8.32. The fraction of sp³-hybridized carbons (Fsp3) is 0.364. The number of aryl methyl sites for hydroxylation is 2. The topological polar surface area (TPSA) is 109 Å². The Morgan fingerprint density at radius 1 is 1.10 bits per heavy atom. The van der Waals surface area contributed by atoms with Crippen LogP contribution in [0.15, 0.2) is 24.3 Å². The smallest absolute Gasteiger partial charge is 0.340 e. The van der Waals surface area contributed by atoms with Gasteiger partial charge in [0.15, 0.2) is 5.78 Å². The van der Waals surface area contributed by atoms with Gasteiger partial charge in [-0.3, -0.25) is 14.5 Å². The van der Waals surface area contributed by atoms with Gasteiger partial charge in [0.2, 0.25) is 0 Å². The first kappa shape index (κ1) is 21.3. The molecule has 1 saturated heterocycles. The van der Waals surface area contributed by atoms with Gasteiger partial charge in [0.1, 0.15) is 5.54 Å². The summed E-state index contributed by atoms with van der Waals surface area (Å²) in [6, 6.07) is 6.64. The second-order valence-electron chi connectivity index (χ2n) is 7.58. The van der Waals surface area contributed by atoms with E-state index in [-0.39, 0.29) is 12.3 Å². The van der Waals surface area contributed by atoms with Crippen molar-refractivity contribution in [3.8, 4) is 0 Å². The molecular weight excluding hydrogens is 386 g/mol. The third kappa shape index (κ3) is 3.49. The van der Waals surface area contributed by atoms with Crippen LogP contribution in [0.25, 0.3) is 0 Å². The molecule has 2 N–H and O–H groups in total. The third-order valence-electron chi connectivity index (χ3n) is 5.40. The second-order valence-corrected chi connectivity index (χ2v) is 7.58. The number of rotatable bonds is 6. The van der Waals surface area contributed by atoms with Gasteiger partial charge >= 0.3 is 12.0 Å². The van der Waals surface area contributed by atoms with Gasteiger partial charge in [-0.05, 0) is 45.7 Å².